The number of hydrogen-bond donors (Lipinski definition) is 1. The van der Waals surface area contributed by atoms with Crippen LogP contribution in [-0.2, 0) is 32.0 Å². The van der Waals surface area contributed by atoms with Crippen molar-refractivity contribution in [2.24, 2.45) is 0 Å². The average molecular weight is 444 g/mol. The Kier molecular flexibility index (Phi) is 5.19. The van der Waals surface area contributed by atoms with Gasteiger partial charge in [0.1, 0.15) is 17.7 Å². The van der Waals surface area contributed by atoms with Crippen LogP contribution in [0.3, 0.4) is 0 Å². The van der Waals surface area contributed by atoms with Crippen molar-refractivity contribution in [3.63, 3.8) is 0 Å². The van der Waals surface area contributed by atoms with Crippen molar-refractivity contribution < 1.29 is 31.8 Å². The van der Waals surface area contributed by atoms with Gasteiger partial charge in [-0.3, -0.25) is 0 Å². The van der Waals surface area contributed by atoms with Crippen LogP contribution in [0.25, 0.3) is 0 Å². The maximum atomic E-state index is 13.0. The summed E-state index contributed by atoms with van der Waals surface area (Å²) in [5.41, 5.74) is -1.03. The number of halogens is 3. The molecule has 162 valence electrons. The molecule has 0 amide bonds. The lowest BCUT2D eigenvalue weighted by Crippen LogP contribution is -2.43. The number of aryl methyl sites for hydroxylation is 1. The standard InChI is InChI=1S/C18H19F3N4O4S/c19-18(20,21)12-4-1-5-13(9-12)30(28,29)24-8-2-3-11(10-24)16-23-22-15-7-6-14(17(26)27)25(15)16/h1,4-5,9,11,14H,2-3,6-8,10H2,(H-,26,27,28,29). The maximum Gasteiger partial charge on any atom is 0.416 e. The minimum atomic E-state index is -4.65. The van der Waals surface area contributed by atoms with E-state index in [1.54, 1.807) is 4.57 Å². The number of hydrogen-bond acceptors (Lipinski definition) is 5. The second kappa shape index (κ2) is 7.43. The summed E-state index contributed by atoms with van der Waals surface area (Å²) in [5, 5.41) is 17.6. The van der Waals surface area contributed by atoms with Crippen LogP contribution in [0.4, 0.5) is 13.2 Å². The molecule has 8 nitrogen and oxygen atoms in total. The summed E-state index contributed by atoms with van der Waals surface area (Å²) in [7, 11) is -4.15. The van der Waals surface area contributed by atoms with Gasteiger partial charge in [-0.15, -0.1) is 14.5 Å². The number of carboxylic acid groups (broad SMARTS) is 1. The minimum absolute atomic E-state index is 0.00303. The summed E-state index contributed by atoms with van der Waals surface area (Å²) >= 11 is 0. The van der Waals surface area contributed by atoms with Gasteiger partial charge in [-0.05, 0) is 31.4 Å². The first-order valence-electron chi connectivity index (χ1n) is 9.43. The third kappa shape index (κ3) is 3.63. The zero-order chi connectivity index (χ0) is 21.7. The Morgan fingerprint density at radius 2 is 2.03 bits per heavy atom. The van der Waals surface area contributed by atoms with E-state index in [-0.39, 0.29) is 19.0 Å². The molecule has 2 aliphatic heterocycles. The van der Waals surface area contributed by atoms with Crippen LogP contribution in [0.5, 0.6) is 0 Å². The van der Waals surface area contributed by atoms with E-state index in [9.17, 15) is 31.8 Å². The average Bonchev–Trinajstić information content (AvgIpc) is 3.29. The summed E-state index contributed by atoms with van der Waals surface area (Å²) in [5.74, 6) is -0.423. The molecule has 1 aromatic heterocycles. The quantitative estimate of drug-likeness (QED) is 0.726. The number of fused-ring (bicyclic) bond motifs is 1. The molecule has 2 aliphatic rings. The van der Waals surface area contributed by atoms with Gasteiger partial charge in [-0.25, -0.2) is 4.79 Å². The highest BCUT2D eigenvalue weighted by Crippen LogP contribution is 2.37. The molecule has 1 saturated heterocycles. The Morgan fingerprint density at radius 1 is 1.27 bits per heavy atom. The number of aliphatic carboxylic acids is 1. The normalized spacial score (nSPS) is 24.4. The lowest BCUT2D eigenvalue weighted by atomic mass is 9.98. The fourth-order valence-corrected chi connectivity index (χ4v) is 5.68. The number of alkyl halides is 3. The molecule has 4 rings (SSSR count). The van der Waals surface area contributed by atoms with Crippen molar-refractivity contribution >= 4 is 16.4 Å². The Labute approximate surface area is 171 Å². The number of piperidine rings is 1. The molecule has 0 saturated carbocycles. The minimum Gasteiger partial charge on any atom is -0.593 e. The first-order valence-corrected chi connectivity index (χ1v) is 10.9. The van der Waals surface area contributed by atoms with E-state index in [4.69, 9.17) is 0 Å². The Morgan fingerprint density at radius 3 is 2.73 bits per heavy atom. The molecule has 30 heavy (non-hydrogen) atoms. The van der Waals surface area contributed by atoms with Gasteiger partial charge in [-0.2, -0.15) is 13.2 Å². The van der Waals surface area contributed by atoms with Crippen molar-refractivity contribution in [1.82, 2.24) is 19.1 Å². The van der Waals surface area contributed by atoms with Crippen LogP contribution in [0.2, 0.25) is 0 Å². The third-order valence-electron chi connectivity index (χ3n) is 5.58. The molecule has 0 spiro atoms. The van der Waals surface area contributed by atoms with E-state index in [0.717, 1.165) is 22.5 Å². The monoisotopic (exact) mass is 444 g/mol. The lowest BCUT2D eigenvalue weighted by molar-refractivity contribution is -0.141. The Hall–Kier alpha value is -2.31. The van der Waals surface area contributed by atoms with Crippen molar-refractivity contribution in [2.75, 3.05) is 13.1 Å². The van der Waals surface area contributed by atoms with Gasteiger partial charge in [0, 0.05) is 24.9 Å². The van der Waals surface area contributed by atoms with Crippen LogP contribution in [0.15, 0.2) is 29.2 Å². The fourth-order valence-electron chi connectivity index (χ4n) is 4.11. The van der Waals surface area contributed by atoms with Crippen LogP contribution >= 0.6 is 0 Å². The number of aromatic nitrogens is 3. The summed E-state index contributed by atoms with van der Waals surface area (Å²) in [6, 6.07) is 2.88. The number of carboxylic acids is 1. The SMILES string of the molecule is O=C(O)C1CCc2nnc(C3CCCN([S+](=O)([O-])c4cccc(C(F)(F)F)c4)C3)n21. The number of carbonyl (C=O) groups is 1. The van der Waals surface area contributed by atoms with Gasteiger partial charge in [0.25, 0.3) is 0 Å². The van der Waals surface area contributed by atoms with Gasteiger partial charge in [0.2, 0.25) is 0 Å². The van der Waals surface area contributed by atoms with Gasteiger partial charge in [0.15, 0.2) is 15.3 Å². The van der Waals surface area contributed by atoms with Crippen LogP contribution in [-0.4, -0.2) is 47.8 Å². The first kappa shape index (κ1) is 20.9. The Balaban J connectivity index is 1.61. The van der Waals surface area contributed by atoms with Crippen molar-refractivity contribution in [3.8, 4) is 0 Å². The maximum absolute atomic E-state index is 13.0. The van der Waals surface area contributed by atoms with Crippen LogP contribution < -0.4 is 0 Å². The third-order valence-corrected chi connectivity index (χ3v) is 7.44. The van der Waals surface area contributed by atoms with Crippen molar-refractivity contribution in [3.05, 3.63) is 41.5 Å². The van der Waals surface area contributed by atoms with E-state index in [1.807, 2.05) is 0 Å². The first-order chi connectivity index (χ1) is 14.1. The topological polar surface area (TPSA) is 111 Å². The smallest absolute Gasteiger partial charge is 0.416 e. The van der Waals surface area contributed by atoms with E-state index < -0.39 is 39.0 Å². The largest absolute Gasteiger partial charge is 0.593 e. The second-order valence-electron chi connectivity index (χ2n) is 7.46. The highest BCUT2D eigenvalue weighted by molar-refractivity contribution is 7.95. The zero-order valence-corrected chi connectivity index (χ0v) is 16.5. The highest BCUT2D eigenvalue weighted by Gasteiger charge is 2.41. The molecule has 3 heterocycles. The molecular weight excluding hydrogens is 425 g/mol. The molecule has 12 heteroatoms. The van der Waals surface area contributed by atoms with Gasteiger partial charge in [-0.1, -0.05) is 10.3 Å². The second-order valence-corrected chi connectivity index (χ2v) is 9.40. The van der Waals surface area contributed by atoms with Crippen molar-refractivity contribution in [2.45, 2.75) is 48.7 Å². The Bertz CT molecular complexity index is 1030. The van der Waals surface area contributed by atoms with Gasteiger partial charge in [0.05, 0.1) is 12.1 Å². The predicted molar refractivity (Wildman–Crippen MR) is 97.1 cm³/mol. The van der Waals surface area contributed by atoms with Crippen LogP contribution in [0, 0.1) is 0 Å². The van der Waals surface area contributed by atoms with E-state index in [0.29, 0.717) is 43.4 Å². The van der Waals surface area contributed by atoms with E-state index >= 15 is 0 Å². The molecule has 3 atom stereocenters. The summed E-state index contributed by atoms with van der Waals surface area (Å²) in [6.45, 7) is 0.168. The fraction of sp³-hybridized carbons (Fsp3) is 0.500. The molecule has 3 unspecified atom stereocenters. The number of benzene rings is 1. The predicted octanol–water partition coefficient (Wildman–Crippen LogP) is 2.65. The summed E-state index contributed by atoms with van der Waals surface area (Å²) in [6.07, 6.45) is -2.72. The number of sulfonamides is 1. The molecule has 0 bridgehead atoms. The zero-order valence-electron chi connectivity index (χ0n) is 15.7. The van der Waals surface area contributed by atoms with Gasteiger partial charge < -0.3 is 14.2 Å². The molecule has 0 aliphatic carbocycles. The lowest BCUT2D eigenvalue weighted by Gasteiger charge is -2.34. The molecule has 2 aromatic rings. The molecule has 0 radical (unpaired) electrons. The number of rotatable bonds is 4. The summed E-state index contributed by atoms with van der Waals surface area (Å²) in [4.78, 5) is 11.1. The molecular formula is C18H19F3N4O4S. The molecule has 1 fully saturated rings. The molecule has 1 aromatic carbocycles. The van der Waals surface area contributed by atoms with E-state index in [2.05, 4.69) is 10.2 Å². The summed E-state index contributed by atoms with van der Waals surface area (Å²) < 4.78 is 67.7. The van der Waals surface area contributed by atoms with Crippen LogP contribution in [0.1, 0.15) is 48.4 Å². The van der Waals surface area contributed by atoms with Gasteiger partial charge >= 0.3 is 12.1 Å². The highest BCUT2D eigenvalue weighted by atomic mass is 32.3. The van der Waals surface area contributed by atoms with E-state index in [1.165, 1.54) is 0 Å². The molecule has 1 N–H and O–H groups in total. The number of nitrogens with zero attached hydrogens (tertiary/aromatic N) is 4. The van der Waals surface area contributed by atoms with Crippen molar-refractivity contribution in [1.29, 1.82) is 0 Å².